The number of nitrogens with zero attached hydrogens (tertiary/aromatic N) is 4. The third-order valence-electron chi connectivity index (χ3n) is 6.05. The zero-order chi connectivity index (χ0) is 21.4. The summed E-state index contributed by atoms with van der Waals surface area (Å²) in [4.78, 5) is 28.2. The van der Waals surface area contributed by atoms with Crippen LogP contribution in [0.5, 0.6) is 0 Å². The zero-order valence-corrected chi connectivity index (χ0v) is 19.2. The van der Waals surface area contributed by atoms with E-state index >= 15 is 0 Å². The molecule has 0 radical (unpaired) electrons. The molecule has 1 aliphatic rings. The molecule has 4 aromatic rings. The highest BCUT2D eigenvalue weighted by atomic mass is 32.1. The van der Waals surface area contributed by atoms with Crippen molar-refractivity contribution in [2.75, 3.05) is 25.0 Å². The van der Waals surface area contributed by atoms with Crippen LogP contribution in [0.4, 0.5) is 5.82 Å². The first-order valence-electron chi connectivity index (χ1n) is 10.5. The first kappa shape index (κ1) is 20.2. The van der Waals surface area contributed by atoms with Gasteiger partial charge in [-0.25, -0.2) is 9.97 Å². The summed E-state index contributed by atoms with van der Waals surface area (Å²) in [5, 5.41) is 5.40. The third-order valence-corrected chi connectivity index (χ3v) is 7.79. The summed E-state index contributed by atoms with van der Waals surface area (Å²) >= 11 is 3.35. The largest absolute Gasteiger partial charge is 0.356 e. The van der Waals surface area contributed by atoms with Crippen LogP contribution in [0.25, 0.3) is 32.0 Å². The minimum Gasteiger partial charge on any atom is -0.356 e. The van der Waals surface area contributed by atoms with Crippen molar-refractivity contribution in [2.24, 2.45) is 0 Å². The van der Waals surface area contributed by atoms with E-state index in [4.69, 9.17) is 9.97 Å². The molecule has 158 valence electrons. The van der Waals surface area contributed by atoms with Crippen molar-refractivity contribution >= 4 is 44.6 Å². The molecule has 0 atom stereocenters. The Morgan fingerprint density at radius 3 is 2.52 bits per heavy atom. The van der Waals surface area contributed by atoms with Gasteiger partial charge in [-0.1, -0.05) is 36.4 Å². The highest BCUT2D eigenvalue weighted by Crippen LogP contribution is 2.40. The van der Waals surface area contributed by atoms with Crippen LogP contribution >= 0.6 is 22.7 Å². The summed E-state index contributed by atoms with van der Waals surface area (Å²) < 4.78 is 0. The highest BCUT2D eigenvalue weighted by Gasteiger charge is 2.27. The fourth-order valence-corrected chi connectivity index (χ4v) is 5.82. The molecule has 31 heavy (non-hydrogen) atoms. The van der Waals surface area contributed by atoms with E-state index < -0.39 is 0 Å². The average molecular weight is 449 g/mol. The zero-order valence-electron chi connectivity index (χ0n) is 17.6. The maximum absolute atomic E-state index is 11.8. The molecule has 4 heterocycles. The van der Waals surface area contributed by atoms with Gasteiger partial charge in [0.05, 0.1) is 10.3 Å². The molecule has 1 fully saturated rings. The molecular formula is C24H24N4OS2. The molecule has 0 N–H and O–H groups in total. The molecule has 0 aliphatic carbocycles. The van der Waals surface area contributed by atoms with E-state index in [2.05, 4.69) is 46.0 Å². The lowest BCUT2D eigenvalue weighted by Crippen LogP contribution is -2.45. The first-order chi connectivity index (χ1) is 15.1. The molecule has 0 unspecified atom stereocenters. The van der Waals surface area contributed by atoms with E-state index in [1.54, 1.807) is 29.6 Å². The predicted molar refractivity (Wildman–Crippen MR) is 130 cm³/mol. The van der Waals surface area contributed by atoms with Crippen LogP contribution in [0.2, 0.25) is 0 Å². The number of hydrogen-bond donors (Lipinski definition) is 0. The maximum atomic E-state index is 11.8. The van der Waals surface area contributed by atoms with Gasteiger partial charge in [0.1, 0.15) is 10.6 Å². The molecule has 3 aromatic heterocycles. The van der Waals surface area contributed by atoms with E-state index in [-0.39, 0.29) is 5.91 Å². The lowest BCUT2D eigenvalue weighted by molar-refractivity contribution is -0.129. The van der Waals surface area contributed by atoms with Crippen LogP contribution < -0.4 is 4.90 Å². The van der Waals surface area contributed by atoms with Crippen LogP contribution in [0.15, 0.2) is 53.2 Å². The molecule has 0 spiro atoms. The van der Waals surface area contributed by atoms with Crippen molar-refractivity contribution in [3.05, 3.63) is 53.2 Å². The van der Waals surface area contributed by atoms with Gasteiger partial charge in [-0.3, -0.25) is 4.79 Å². The average Bonchev–Trinajstić information content (AvgIpc) is 3.49. The van der Waals surface area contributed by atoms with Gasteiger partial charge in [0.15, 0.2) is 5.82 Å². The Bertz CT molecular complexity index is 1200. The summed E-state index contributed by atoms with van der Waals surface area (Å²) in [6.45, 7) is 3.40. The summed E-state index contributed by atoms with van der Waals surface area (Å²) in [6, 6.07) is 14.9. The quantitative estimate of drug-likeness (QED) is 0.412. The number of aromatic nitrogens is 2. The second-order valence-electron chi connectivity index (χ2n) is 7.89. The van der Waals surface area contributed by atoms with E-state index in [1.807, 2.05) is 24.1 Å². The van der Waals surface area contributed by atoms with Crippen LogP contribution in [0, 0.1) is 0 Å². The molecule has 0 bridgehead atoms. The number of benzene rings is 1. The molecular weight excluding hydrogens is 424 g/mol. The number of carbonyl (C=O) groups excluding carboxylic acids is 1. The number of amides is 1. The van der Waals surface area contributed by atoms with Crippen molar-refractivity contribution in [3.8, 4) is 21.8 Å². The van der Waals surface area contributed by atoms with Gasteiger partial charge >= 0.3 is 0 Å². The van der Waals surface area contributed by atoms with Gasteiger partial charge in [0.25, 0.3) is 0 Å². The molecule has 7 heteroatoms. The molecule has 5 nitrogen and oxygen atoms in total. The third kappa shape index (κ3) is 3.83. The Morgan fingerprint density at radius 2 is 1.84 bits per heavy atom. The number of hydrogen-bond acceptors (Lipinski definition) is 6. The number of anilines is 1. The lowest BCUT2D eigenvalue weighted by atomic mass is 10.0. The molecule has 1 saturated heterocycles. The Morgan fingerprint density at radius 1 is 1.06 bits per heavy atom. The minimum absolute atomic E-state index is 0.132. The lowest BCUT2D eigenvalue weighted by Gasteiger charge is -2.37. The second kappa shape index (κ2) is 8.40. The molecule has 1 amide bonds. The van der Waals surface area contributed by atoms with Crippen LogP contribution in [-0.4, -0.2) is 47.0 Å². The summed E-state index contributed by atoms with van der Waals surface area (Å²) in [5.74, 6) is 1.94. The van der Waals surface area contributed by atoms with Gasteiger partial charge in [0.2, 0.25) is 5.91 Å². The standard InChI is InChI=1S/C24H24N4OS2/c1-16(29)27(2)18-10-12-28(13-11-18)23-21-19(17-7-4-3-5-8-17)15-31-24(21)26-22(25-23)20-9-6-14-30-20/h3-9,14-15,18H,10-13H2,1-2H3. The van der Waals surface area contributed by atoms with Gasteiger partial charge < -0.3 is 9.80 Å². The number of thiophene rings is 2. The minimum atomic E-state index is 0.132. The van der Waals surface area contributed by atoms with Gasteiger partial charge in [-0.2, -0.15) is 0 Å². The van der Waals surface area contributed by atoms with Crippen LogP contribution in [0.1, 0.15) is 19.8 Å². The van der Waals surface area contributed by atoms with Crippen molar-refractivity contribution in [3.63, 3.8) is 0 Å². The Balaban J connectivity index is 1.58. The van der Waals surface area contributed by atoms with E-state index in [9.17, 15) is 4.79 Å². The van der Waals surface area contributed by atoms with Gasteiger partial charge in [-0.05, 0) is 29.9 Å². The monoisotopic (exact) mass is 448 g/mol. The summed E-state index contributed by atoms with van der Waals surface area (Å²) in [5.41, 5.74) is 2.38. The summed E-state index contributed by atoms with van der Waals surface area (Å²) in [7, 11) is 1.91. The van der Waals surface area contributed by atoms with E-state index in [1.165, 1.54) is 11.1 Å². The van der Waals surface area contributed by atoms with Crippen LogP contribution in [0.3, 0.4) is 0 Å². The van der Waals surface area contributed by atoms with E-state index in [0.29, 0.717) is 6.04 Å². The normalized spacial score (nSPS) is 14.8. The Hall–Kier alpha value is -2.77. The highest BCUT2D eigenvalue weighted by molar-refractivity contribution is 7.17. The number of carbonyl (C=O) groups is 1. The predicted octanol–water partition coefficient (Wildman–Crippen LogP) is 5.53. The first-order valence-corrected chi connectivity index (χ1v) is 12.2. The van der Waals surface area contributed by atoms with Crippen LogP contribution in [-0.2, 0) is 4.79 Å². The molecule has 0 saturated carbocycles. The van der Waals surface area contributed by atoms with Crippen molar-refractivity contribution in [2.45, 2.75) is 25.8 Å². The maximum Gasteiger partial charge on any atom is 0.219 e. The topological polar surface area (TPSA) is 49.3 Å². The van der Waals surface area contributed by atoms with Crippen molar-refractivity contribution in [1.29, 1.82) is 0 Å². The number of rotatable bonds is 4. The van der Waals surface area contributed by atoms with Gasteiger partial charge in [0, 0.05) is 44.0 Å². The molecule has 1 aromatic carbocycles. The fraction of sp³-hybridized carbons (Fsp3) is 0.292. The van der Waals surface area contributed by atoms with Crippen molar-refractivity contribution in [1.82, 2.24) is 14.9 Å². The smallest absolute Gasteiger partial charge is 0.219 e. The second-order valence-corrected chi connectivity index (χ2v) is 9.70. The number of fused-ring (bicyclic) bond motifs is 1. The SMILES string of the molecule is CC(=O)N(C)C1CCN(c2nc(-c3cccs3)nc3scc(-c4ccccc4)c23)CC1. The van der Waals surface area contributed by atoms with Crippen molar-refractivity contribution < 1.29 is 4.79 Å². The molecule has 5 rings (SSSR count). The summed E-state index contributed by atoms with van der Waals surface area (Å²) in [6.07, 6.45) is 1.89. The van der Waals surface area contributed by atoms with Gasteiger partial charge in [-0.15, -0.1) is 22.7 Å². The van der Waals surface area contributed by atoms with E-state index in [0.717, 1.165) is 52.7 Å². The Labute approximate surface area is 190 Å². The molecule has 1 aliphatic heterocycles. The Kier molecular flexibility index (Phi) is 5.46. The number of piperidine rings is 1. The fourth-order valence-electron chi connectivity index (χ4n) is 4.22.